The molecule has 0 radical (unpaired) electrons. The molecule has 7 nitrogen and oxygen atoms in total. The molecule has 4 rings (SSSR count). The predicted molar refractivity (Wildman–Crippen MR) is 111 cm³/mol. The van der Waals surface area contributed by atoms with Crippen LogP contribution in [0.15, 0.2) is 30.6 Å². The highest BCUT2D eigenvalue weighted by atomic mass is 16.5. The number of nitrogens with zero attached hydrogens (tertiary/aromatic N) is 6. The molecule has 2 aromatic rings. The van der Waals surface area contributed by atoms with Gasteiger partial charge in [-0.2, -0.15) is 4.98 Å². The maximum Gasteiger partial charge on any atom is 0.227 e. The van der Waals surface area contributed by atoms with E-state index >= 15 is 0 Å². The highest BCUT2D eigenvalue weighted by Gasteiger charge is 2.25. The average Bonchev–Trinajstić information content (AvgIpc) is 2.76. The summed E-state index contributed by atoms with van der Waals surface area (Å²) in [6, 6.07) is 6.64. The second-order valence-electron chi connectivity index (χ2n) is 7.70. The molecule has 0 N–H and O–H groups in total. The van der Waals surface area contributed by atoms with Crippen molar-refractivity contribution in [2.45, 2.75) is 32.4 Å². The summed E-state index contributed by atoms with van der Waals surface area (Å²) in [6.07, 6.45) is 6.11. The molecule has 2 aliphatic rings. The van der Waals surface area contributed by atoms with Gasteiger partial charge >= 0.3 is 0 Å². The summed E-state index contributed by atoms with van der Waals surface area (Å²) in [6.45, 7) is 8.51. The Morgan fingerprint density at radius 1 is 1.14 bits per heavy atom. The first kappa shape index (κ1) is 19.1. The van der Waals surface area contributed by atoms with Crippen molar-refractivity contribution in [1.82, 2.24) is 19.9 Å². The third-order valence-corrected chi connectivity index (χ3v) is 5.82. The van der Waals surface area contributed by atoms with Gasteiger partial charge in [0, 0.05) is 57.4 Å². The van der Waals surface area contributed by atoms with E-state index in [9.17, 15) is 0 Å². The van der Waals surface area contributed by atoms with Crippen LogP contribution in [0.2, 0.25) is 0 Å². The second kappa shape index (κ2) is 8.84. The Morgan fingerprint density at radius 2 is 2.00 bits per heavy atom. The van der Waals surface area contributed by atoms with Crippen LogP contribution in [0.5, 0.6) is 0 Å². The van der Waals surface area contributed by atoms with E-state index in [1.54, 1.807) is 0 Å². The number of anilines is 2. The molecule has 28 heavy (non-hydrogen) atoms. The van der Waals surface area contributed by atoms with Crippen LogP contribution in [0, 0.1) is 6.92 Å². The van der Waals surface area contributed by atoms with Gasteiger partial charge in [-0.25, -0.2) is 4.98 Å². The normalized spacial score (nSPS) is 20.9. The smallest absolute Gasteiger partial charge is 0.227 e. The lowest BCUT2D eigenvalue weighted by molar-refractivity contribution is 0.122. The van der Waals surface area contributed by atoms with Crippen LogP contribution in [0.25, 0.3) is 0 Å². The molecule has 0 spiro atoms. The van der Waals surface area contributed by atoms with Crippen molar-refractivity contribution < 1.29 is 4.74 Å². The molecule has 1 atom stereocenters. The molecule has 2 saturated heterocycles. The molecule has 150 valence electrons. The molecule has 2 fully saturated rings. The molecule has 4 heterocycles. The first-order valence-electron chi connectivity index (χ1n) is 10.2. The maximum atomic E-state index is 5.46. The molecule has 0 bridgehead atoms. The van der Waals surface area contributed by atoms with E-state index < -0.39 is 0 Å². The monoisotopic (exact) mass is 382 g/mol. The first-order chi connectivity index (χ1) is 13.7. The highest BCUT2D eigenvalue weighted by molar-refractivity contribution is 5.44. The van der Waals surface area contributed by atoms with E-state index in [-0.39, 0.29) is 0 Å². The molecule has 2 aromatic heterocycles. The molecule has 0 saturated carbocycles. The van der Waals surface area contributed by atoms with Gasteiger partial charge < -0.3 is 14.5 Å². The third-order valence-electron chi connectivity index (χ3n) is 5.82. The molecule has 7 heteroatoms. The summed E-state index contributed by atoms with van der Waals surface area (Å²) in [5.41, 5.74) is 2.44. The molecule has 0 aromatic carbocycles. The Labute approximate surface area is 167 Å². The lowest BCUT2D eigenvalue weighted by atomic mass is 10.0. The van der Waals surface area contributed by atoms with Gasteiger partial charge in [0.2, 0.25) is 5.95 Å². The maximum absolute atomic E-state index is 5.46. The lowest BCUT2D eigenvalue weighted by Gasteiger charge is -2.38. The number of likely N-dealkylation sites (tertiary alicyclic amines) is 1. The van der Waals surface area contributed by atoms with Crippen molar-refractivity contribution in [3.8, 4) is 0 Å². The van der Waals surface area contributed by atoms with Crippen molar-refractivity contribution in [1.29, 1.82) is 0 Å². The van der Waals surface area contributed by atoms with Crippen molar-refractivity contribution in [3.05, 3.63) is 41.9 Å². The van der Waals surface area contributed by atoms with Crippen LogP contribution in [0.3, 0.4) is 0 Å². The van der Waals surface area contributed by atoms with Crippen LogP contribution >= 0.6 is 0 Å². The third kappa shape index (κ3) is 4.42. The van der Waals surface area contributed by atoms with E-state index in [1.165, 1.54) is 18.4 Å². The number of likely N-dealkylation sites (N-methyl/N-ethyl adjacent to an activating group) is 1. The standard InChI is InChI=1S/C21H30N6O/c1-17-18(5-3-8-22-17)15-26-10-4-6-19(16-26)25(2)21-23-9-7-20(24-21)27-11-13-28-14-12-27/h3,5,7-9,19H,4,6,10-16H2,1-2H3. The van der Waals surface area contributed by atoms with Crippen molar-refractivity contribution in [2.75, 3.05) is 56.2 Å². The van der Waals surface area contributed by atoms with Crippen LogP contribution < -0.4 is 9.80 Å². The van der Waals surface area contributed by atoms with E-state index in [1.807, 2.05) is 24.5 Å². The van der Waals surface area contributed by atoms with Gasteiger partial charge in [-0.3, -0.25) is 9.88 Å². The summed E-state index contributed by atoms with van der Waals surface area (Å²) in [7, 11) is 2.13. The largest absolute Gasteiger partial charge is 0.378 e. The van der Waals surface area contributed by atoms with Crippen LogP contribution in [-0.4, -0.2) is 72.3 Å². The van der Waals surface area contributed by atoms with Gasteiger partial charge in [-0.15, -0.1) is 0 Å². The Morgan fingerprint density at radius 3 is 2.82 bits per heavy atom. The van der Waals surface area contributed by atoms with Gasteiger partial charge in [0.15, 0.2) is 0 Å². The van der Waals surface area contributed by atoms with Gasteiger partial charge in [-0.1, -0.05) is 6.07 Å². The van der Waals surface area contributed by atoms with E-state index in [0.717, 1.165) is 63.4 Å². The van der Waals surface area contributed by atoms with E-state index in [2.05, 4.69) is 44.7 Å². The van der Waals surface area contributed by atoms with Crippen LogP contribution in [-0.2, 0) is 11.3 Å². The van der Waals surface area contributed by atoms with Crippen molar-refractivity contribution >= 4 is 11.8 Å². The Bertz CT molecular complexity index is 779. The SMILES string of the molecule is Cc1ncccc1CN1CCCC(N(C)c2nccc(N3CCOCC3)n2)C1. The molecule has 0 aliphatic carbocycles. The number of hydrogen-bond donors (Lipinski definition) is 0. The summed E-state index contributed by atoms with van der Waals surface area (Å²) < 4.78 is 5.46. The average molecular weight is 383 g/mol. The Balaban J connectivity index is 1.42. The fraction of sp³-hybridized carbons (Fsp3) is 0.571. The molecule has 1 unspecified atom stereocenters. The second-order valence-corrected chi connectivity index (χ2v) is 7.70. The number of piperidine rings is 1. The molecular weight excluding hydrogens is 352 g/mol. The summed E-state index contributed by atoms with van der Waals surface area (Å²) >= 11 is 0. The van der Waals surface area contributed by atoms with E-state index in [0.29, 0.717) is 6.04 Å². The van der Waals surface area contributed by atoms with Gasteiger partial charge in [0.05, 0.1) is 13.2 Å². The Kier molecular flexibility index (Phi) is 6.02. The zero-order valence-corrected chi connectivity index (χ0v) is 16.9. The zero-order valence-electron chi connectivity index (χ0n) is 16.9. The minimum atomic E-state index is 0.422. The minimum absolute atomic E-state index is 0.422. The fourth-order valence-corrected chi connectivity index (χ4v) is 4.06. The van der Waals surface area contributed by atoms with Gasteiger partial charge in [0.25, 0.3) is 0 Å². The molecule has 0 amide bonds. The number of morpholine rings is 1. The van der Waals surface area contributed by atoms with Gasteiger partial charge in [-0.05, 0) is 44.0 Å². The summed E-state index contributed by atoms with van der Waals surface area (Å²) in [5.74, 6) is 1.81. The molecule has 2 aliphatic heterocycles. The van der Waals surface area contributed by atoms with Gasteiger partial charge in [0.1, 0.15) is 5.82 Å². The number of ether oxygens (including phenoxy) is 1. The Hall–Kier alpha value is -2.25. The quantitative estimate of drug-likeness (QED) is 0.785. The number of pyridine rings is 1. The first-order valence-corrected chi connectivity index (χ1v) is 10.2. The summed E-state index contributed by atoms with van der Waals surface area (Å²) in [4.78, 5) is 20.9. The summed E-state index contributed by atoms with van der Waals surface area (Å²) in [5, 5.41) is 0. The number of aromatic nitrogens is 3. The van der Waals surface area contributed by atoms with Crippen molar-refractivity contribution in [2.24, 2.45) is 0 Å². The predicted octanol–water partition coefficient (Wildman–Crippen LogP) is 2.12. The molecular formula is C21H30N6O. The fourth-order valence-electron chi connectivity index (χ4n) is 4.06. The number of hydrogen-bond acceptors (Lipinski definition) is 7. The number of rotatable bonds is 5. The van der Waals surface area contributed by atoms with Crippen molar-refractivity contribution in [3.63, 3.8) is 0 Å². The highest BCUT2D eigenvalue weighted by Crippen LogP contribution is 2.22. The zero-order chi connectivity index (χ0) is 19.3. The lowest BCUT2D eigenvalue weighted by Crippen LogP contribution is -2.47. The topological polar surface area (TPSA) is 57.6 Å². The number of aryl methyl sites for hydroxylation is 1. The van der Waals surface area contributed by atoms with E-state index in [4.69, 9.17) is 9.72 Å². The van der Waals surface area contributed by atoms with Crippen LogP contribution in [0.4, 0.5) is 11.8 Å². The minimum Gasteiger partial charge on any atom is -0.378 e. The van der Waals surface area contributed by atoms with Crippen LogP contribution in [0.1, 0.15) is 24.1 Å².